The van der Waals surface area contributed by atoms with E-state index in [0.29, 0.717) is 0 Å². The molecule has 8 nitrogen and oxygen atoms in total. The van der Waals surface area contributed by atoms with Crippen molar-refractivity contribution in [2.45, 2.75) is 80.7 Å². The molecule has 0 radical (unpaired) electrons. The molecule has 0 aromatic heterocycles. The molecular weight excluding hydrogens is 378 g/mol. The normalized spacial score (nSPS) is 25.9. The predicted molar refractivity (Wildman–Crippen MR) is 107 cm³/mol. The Kier molecular flexibility index (Phi) is 7.87. The van der Waals surface area contributed by atoms with Crippen LogP contribution in [0, 0.1) is 22.2 Å². The third-order valence-corrected chi connectivity index (χ3v) is 4.42. The molecule has 2 N–H and O–H groups in total. The smallest absolute Gasteiger partial charge is 0.311 e. The molecule has 1 heterocycles. The van der Waals surface area contributed by atoms with Crippen molar-refractivity contribution >= 4 is 17.9 Å². The molecule has 29 heavy (non-hydrogen) atoms. The zero-order valence-electron chi connectivity index (χ0n) is 19.2. The summed E-state index contributed by atoms with van der Waals surface area (Å²) in [6.45, 7) is 15.5. The van der Waals surface area contributed by atoms with E-state index in [0.717, 1.165) is 0 Å². The highest BCUT2D eigenvalue weighted by Crippen LogP contribution is 2.30. The van der Waals surface area contributed by atoms with Crippen LogP contribution >= 0.6 is 0 Å². The van der Waals surface area contributed by atoms with Crippen molar-refractivity contribution in [2.75, 3.05) is 13.2 Å². The molecule has 0 aromatic rings. The number of hydrogen-bond acceptors (Lipinski definition) is 8. The van der Waals surface area contributed by atoms with Crippen LogP contribution in [0.1, 0.15) is 62.3 Å². The maximum atomic E-state index is 12.5. The van der Waals surface area contributed by atoms with Crippen LogP contribution in [0.15, 0.2) is 0 Å². The summed E-state index contributed by atoms with van der Waals surface area (Å²) < 4.78 is 22.2. The van der Waals surface area contributed by atoms with Crippen molar-refractivity contribution < 1.29 is 33.3 Å². The molecule has 0 bridgehead atoms. The van der Waals surface area contributed by atoms with Gasteiger partial charge in [-0.1, -0.05) is 0 Å². The van der Waals surface area contributed by atoms with Gasteiger partial charge in [0.25, 0.3) is 0 Å². The lowest BCUT2D eigenvalue weighted by Gasteiger charge is -2.41. The minimum absolute atomic E-state index is 0.0181. The van der Waals surface area contributed by atoms with Crippen molar-refractivity contribution in [3.05, 3.63) is 0 Å². The lowest BCUT2D eigenvalue weighted by molar-refractivity contribution is -0.215. The van der Waals surface area contributed by atoms with Gasteiger partial charge >= 0.3 is 17.9 Å². The number of nitrogens with two attached hydrogens (primary N) is 1. The molecule has 0 aliphatic carbocycles. The van der Waals surface area contributed by atoms with E-state index in [1.54, 1.807) is 62.3 Å². The first-order valence-electron chi connectivity index (χ1n) is 9.91. The van der Waals surface area contributed by atoms with E-state index in [1.165, 1.54) is 0 Å². The number of rotatable bonds is 4. The third-order valence-electron chi connectivity index (χ3n) is 4.42. The van der Waals surface area contributed by atoms with Crippen LogP contribution in [0.25, 0.3) is 0 Å². The summed E-state index contributed by atoms with van der Waals surface area (Å²) in [4.78, 5) is 37.1. The van der Waals surface area contributed by atoms with Gasteiger partial charge in [0.05, 0.1) is 28.8 Å². The molecule has 1 rings (SSSR count). The quantitative estimate of drug-likeness (QED) is 0.550. The number of esters is 3. The molecule has 0 aromatic carbocycles. The molecule has 168 valence electrons. The van der Waals surface area contributed by atoms with Gasteiger partial charge in [0.15, 0.2) is 6.10 Å². The fourth-order valence-corrected chi connectivity index (χ4v) is 2.36. The number of carbonyl (C=O) groups is 3. The van der Waals surface area contributed by atoms with E-state index in [2.05, 4.69) is 0 Å². The molecule has 8 heteroatoms. The van der Waals surface area contributed by atoms with Gasteiger partial charge in [-0.25, -0.2) is 0 Å². The summed E-state index contributed by atoms with van der Waals surface area (Å²) in [5, 5.41) is 0. The third kappa shape index (κ3) is 7.26. The molecule has 0 unspecified atom stereocenters. The monoisotopic (exact) mass is 415 g/mol. The first-order valence-corrected chi connectivity index (χ1v) is 9.91. The molecule has 4 atom stereocenters. The van der Waals surface area contributed by atoms with Crippen LogP contribution in [-0.2, 0) is 33.3 Å². The van der Waals surface area contributed by atoms with E-state index in [1.807, 2.05) is 0 Å². The summed E-state index contributed by atoms with van der Waals surface area (Å²) >= 11 is 0. The van der Waals surface area contributed by atoms with Gasteiger partial charge in [-0.15, -0.1) is 0 Å². The second kappa shape index (κ2) is 9.00. The van der Waals surface area contributed by atoms with Gasteiger partial charge in [-0.05, 0) is 62.3 Å². The Hall–Kier alpha value is -1.67. The van der Waals surface area contributed by atoms with Crippen LogP contribution in [0.3, 0.4) is 0 Å². The highest BCUT2D eigenvalue weighted by molar-refractivity contribution is 5.76. The highest BCUT2D eigenvalue weighted by atomic mass is 16.6. The van der Waals surface area contributed by atoms with Gasteiger partial charge in [-0.2, -0.15) is 0 Å². The highest BCUT2D eigenvalue weighted by Gasteiger charge is 2.46. The SMILES string of the molecule is CC(C)(C)C(=O)OC[C@H]1[C@H](OC(=O)C(C)(C)C)[C@@H](N)OC[C@H]1OC(=O)C(C)(C)C. The first kappa shape index (κ1) is 25.4. The van der Waals surface area contributed by atoms with Gasteiger partial charge in [0.2, 0.25) is 0 Å². The summed E-state index contributed by atoms with van der Waals surface area (Å²) in [5.41, 5.74) is 3.85. The number of ether oxygens (including phenoxy) is 4. The number of hydrogen-bond donors (Lipinski definition) is 1. The Labute approximate surface area is 173 Å². The Morgan fingerprint density at radius 3 is 1.72 bits per heavy atom. The molecule has 1 aliphatic rings. The van der Waals surface area contributed by atoms with Crippen molar-refractivity contribution in [2.24, 2.45) is 27.9 Å². The van der Waals surface area contributed by atoms with Gasteiger partial charge < -0.3 is 24.7 Å². The van der Waals surface area contributed by atoms with E-state index in [4.69, 9.17) is 24.7 Å². The van der Waals surface area contributed by atoms with Gasteiger partial charge in [0.1, 0.15) is 18.9 Å². The van der Waals surface area contributed by atoms with E-state index in [9.17, 15) is 14.4 Å². The topological polar surface area (TPSA) is 114 Å². The van der Waals surface area contributed by atoms with E-state index >= 15 is 0 Å². The molecule has 0 saturated carbocycles. The Morgan fingerprint density at radius 1 is 0.828 bits per heavy atom. The van der Waals surface area contributed by atoms with E-state index in [-0.39, 0.29) is 13.2 Å². The Bertz CT molecular complexity index is 610. The van der Waals surface area contributed by atoms with Crippen LogP contribution < -0.4 is 5.73 Å². The summed E-state index contributed by atoms with van der Waals surface area (Å²) in [5.74, 6) is -1.98. The van der Waals surface area contributed by atoms with Gasteiger partial charge in [-0.3, -0.25) is 14.4 Å². The van der Waals surface area contributed by atoms with Crippen molar-refractivity contribution in [3.63, 3.8) is 0 Å². The van der Waals surface area contributed by atoms with Crippen LogP contribution in [-0.4, -0.2) is 49.6 Å². The zero-order chi connectivity index (χ0) is 22.8. The molecule has 0 amide bonds. The van der Waals surface area contributed by atoms with Crippen LogP contribution in [0.2, 0.25) is 0 Å². The number of carbonyl (C=O) groups excluding carboxylic acids is 3. The fraction of sp³-hybridized carbons (Fsp3) is 0.857. The average Bonchev–Trinajstić information content (AvgIpc) is 2.53. The van der Waals surface area contributed by atoms with E-state index < -0.39 is 58.5 Å². The summed E-state index contributed by atoms with van der Waals surface area (Å²) in [7, 11) is 0. The average molecular weight is 416 g/mol. The summed E-state index contributed by atoms with van der Waals surface area (Å²) in [6, 6.07) is 0. The van der Waals surface area contributed by atoms with Crippen molar-refractivity contribution in [1.29, 1.82) is 0 Å². The molecular formula is C21H37NO7. The maximum Gasteiger partial charge on any atom is 0.311 e. The zero-order valence-corrected chi connectivity index (χ0v) is 19.2. The first-order chi connectivity index (χ1) is 12.9. The lowest BCUT2D eigenvalue weighted by atomic mass is 9.90. The van der Waals surface area contributed by atoms with Crippen LogP contribution in [0.5, 0.6) is 0 Å². The second-order valence-electron chi connectivity index (χ2n) is 10.6. The Balaban J connectivity index is 3.11. The molecule has 1 saturated heterocycles. The second-order valence-corrected chi connectivity index (χ2v) is 10.6. The minimum Gasteiger partial charge on any atom is -0.465 e. The summed E-state index contributed by atoms with van der Waals surface area (Å²) in [6.07, 6.45) is -2.63. The molecule has 1 aliphatic heterocycles. The van der Waals surface area contributed by atoms with Crippen molar-refractivity contribution in [1.82, 2.24) is 0 Å². The minimum atomic E-state index is -0.930. The fourth-order valence-electron chi connectivity index (χ4n) is 2.36. The molecule has 1 fully saturated rings. The Morgan fingerprint density at radius 2 is 1.28 bits per heavy atom. The lowest BCUT2D eigenvalue weighted by Crippen LogP contribution is -2.58. The standard InChI is InChI=1S/C21H37NO7/c1-19(2,3)16(23)27-10-12-13(28-17(24)20(4,5)6)11-26-15(22)14(12)29-18(25)21(7,8)9/h12-15H,10-11,22H2,1-9H3/t12-,13-,14+,15+/m1/s1. The largest absolute Gasteiger partial charge is 0.465 e. The molecule has 0 spiro atoms. The van der Waals surface area contributed by atoms with Crippen molar-refractivity contribution in [3.8, 4) is 0 Å². The van der Waals surface area contributed by atoms with Crippen LogP contribution in [0.4, 0.5) is 0 Å². The maximum absolute atomic E-state index is 12.5. The van der Waals surface area contributed by atoms with Gasteiger partial charge in [0, 0.05) is 0 Å². The predicted octanol–water partition coefficient (Wildman–Crippen LogP) is 2.42.